The number of rotatable bonds is 6. The molecule has 1 fully saturated rings. The van der Waals surface area contributed by atoms with Gasteiger partial charge in [0, 0.05) is 11.3 Å². The van der Waals surface area contributed by atoms with Gasteiger partial charge in [0.15, 0.2) is 0 Å². The first kappa shape index (κ1) is 24.8. The van der Waals surface area contributed by atoms with Gasteiger partial charge in [-0.3, -0.25) is 14.5 Å². The van der Waals surface area contributed by atoms with Crippen molar-refractivity contribution < 1.29 is 33.7 Å². The van der Waals surface area contributed by atoms with Gasteiger partial charge in [-0.1, -0.05) is 23.7 Å². The molecule has 4 rings (SSSR count). The first-order valence-corrected chi connectivity index (χ1v) is 11.2. The van der Waals surface area contributed by atoms with Gasteiger partial charge in [-0.25, -0.2) is 4.79 Å². The maximum atomic E-state index is 13.3. The van der Waals surface area contributed by atoms with Gasteiger partial charge in [-0.15, -0.1) is 0 Å². The molecule has 1 saturated heterocycles. The molecule has 36 heavy (non-hydrogen) atoms. The van der Waals surface area contributed by atoms with Crippen LogP contribution in [0.2, 0.25) is 5.02 Å². The number of ether oxygens (including phenoxy) is 3. The zero-order chi connectivity index (χ0) is 26.0. The number of methoxy groups -OCH3 is 3. The smallest absolute Gasteiger partial charge is 0.337 e. The third-order valence-electron chi connectivity index (χ3n) is 5.87. The second-order valence-corrected chi connectivity index (χ2v) is 8.23. The highest BCUT2D eigenvalue weighted by Crippen LogP contribution is 2.43. The Labute approximate surface area is 212 Å². The molecule has 8 nitrogen and oxygen atoms in total. The highest BCUT2D eigenvalue weighted by atomic mass is 35.5. The second kappa shape index (κ2) is 10.1. The predicted octanol–water partition coefficient (Wildman–Crippen LogP) is 4.77. The Morgan fingerprint density at radius 1 is 0.889 bits per heavy atom. The fourth-order valence-corrected chi connectivity index (χ4v) is 4.24. The van der Waals surface area contributed by atoms with Crippen LogP contribution in [0.5, 0.6) is 11.5 Å². The Bertz CT molecular complexity index is 1360. The number of aliphatic hydroxyl groups is 1. The summed E-state index contributed by atoms with van der Waals surface area (Å²) in [5.41, 5.74) is 1.18. The van der Waals surface area contributed by atoms with Gasteiger partial charge >= 0.3 is 5.97 Å². The van der Waals surface area contributed by atoms with Crippen molar-refractivity contribution in [3.05, 3.63) is 94.0 Å². The molecule has 0 saturated carbocycles. The number of ketones is 1. The minimum atomic E-state index is -0.984. The van der Waals surface area contributed by atoms with Crippen molar-refractivity contribution in [2.45, 2.75) is 6.04 Å². The van der Waals surface area contributed by atoms with Crippen LogP contribution in [0.25, 0.3) is 5.76 Å². The molecule has 3 aromatic carbocycles. The summed E-state index contributed by atoms with van der Waals surface area (Å²) in [7, 11) is 4.25. The summed E-state index contributed by atoms with van der Waals surface area (Å²) < 4.78 is 15.2. The Morgan fingerprint density at radius 3 is 2.08 bits per heavy atom. The van der Waals surface area contributed by atoms with E-state index >= 15 is 0 Å². The number of anilines is 1. The average Bonchev–Trinajstić information content (AvgIpc) is 3.18. The molecular formula is C27H22ClNO7. The lowest BCUT2D eigenvalue weighted by Gasteiger charge is -2.25. The summed E-state index contributed by atoms with van der Waals surface area (Å²) in [6.07, 6.45) is 0. The number of aliphatic hydroxyl groups excluding tert-OH is 1. The first-order valence-electron chi connectivity index (χ1n) is 10.8. The molecule has 1 atom stereocenters. The highest BCUT2D eigenvalue weighted by Gasteiger charge is 2.47. The quantitative estimate of drug-likeness (QED) is 0.222. The van der Waals surface area contributed by atoms with Crippen LogP contribution >= 0.6 is 11.6 Å². The fourth-order valence-electron chi connectivity index (χ4n) is 4.03. The summed E-state index contributed by atoms with van der Waals surface area (Å²) in [5.74, 6) is -1.72. The van der Waals surface area contributed by atoms with Crippen molar-refractivity contribution in [3.63, 3.8) is 0 Å². The van der Waals surface area contributed by atoms with E-state index in [4.69, 9.17) is 25.8 Å². The number of hydrogen-bond acceptors (Lipinski definition) is 7. The highest BCUT2D eigenvalue weighted by molar-refractivity contribution is 6.52. The molecule has 0 bridgehead atoms. The molecule has 9 heteroatoms. The van der Waals surface area contributed by atoms with Gasteiger partial charge in [0.2, 0.25) is 0 Å². The topological polar surface area (TPSA) is 102 Å². The summed E-state index contributed by atoms with van der Waals surface area (Å²) in [5, 5.41) is 11.5. The van der Waals surface area contributed by atoms with Gasteiger partial charge in [-0.05, 0) is 60.2 Å². The summed E-state index contributed by atoms with van der Waals surface area (Å²) >= 11 is 6.34. The summed E-state index contributed by atoms with van der Waals surface area (Å²) in [4.78, 5) is 39.7. The van der Waals surface area contributed by atoms with Gasteiger partial charge < -0.3 is 19.3 Å². The van der Waals surface area contributed by atoms with Crippen LogP contribution in [0.3, 0.4) is 0 Å². The molecule has 0 aliphatic carbocycles. The van der Waals surface area contributed by atoms with E-state index in [9.17, 15) is 19.5 Å². The minimum Gasteiger partial charge on any atom is -0.507 e. The van der Waals surface area contributed by atoms with Crippen molar-refractivity contribution in [3.8, 4) is 11.5 Å². The SMILES string of the molecule is COC(=O)c1ccc(N2C(=O)C(=O)/C(=C(/O)c3cc(OC)ccc3Cl)C2c2ccc(OC)cc2)cc1. The summed E-state index contributed by atoms with van der Waals surface area (Å²) in [6.45, 7) is 0. The molecule has 3 aromatic rings. The molecule has 0 aromatic heterocycles. The van der Waals surface area contributed by atoms with Gasteiger partial charge in [0.25, 0.3) is 11.7 Å². The third-order valence-corrected chi connectivity index (χ3v) is 6.20. The molecule has 1 aliphatic heterocycles. The van der Waals surface area contributed by atoms with E-state index in [1.54, 1.807) is 30.3 Å². The van der Waals surface area contributed by atoms with Crippen molar-refractivity contribution in [2.75, 3.05) is 26.2 Å². The number of benzene rings is 3. The lowest BCUT2D eigenvalue weighted by molar-refractivity contribution is -0.132. The normalized spacial score (nSPS) is 16.7. The zero-order valence-electron chi connectivity index (χ0n) is 19.7. The molecule has 184 valence electrons. The van der Waals surface area contributed by atoms with E-state index in [1.807, 2.05) is 0 Å². The van der Waals surface area contributed by atoms with Crippen LogP contribution in [-0.4, -0.2) is 44.1 Å². The largest absolute Gasteiger partial charge is 0.507 e. The number of amides is 1. The molecule has 1 aliphatic rings. The van der Waals surface area contributed by atoms with Gasteiger partial charge in [0.05, 0.1) is 43.5 Å². The Morgan fingerprint density at radius 2 is 1.50 bits per heavy atom. The number of esters is 1. The molecule has 1 heterocycles. The molecule has 1 unspecified atom stereocenters. The van der Waals surface area contributed by atoms with Crippen LogP contribution in [0.4, 0.5) is 5.69 Å². The van der Waals surface area contributed by atoms with Crippen molar-refractivity contribution >= 4 is 40.7 Å². The molecule has 1 amide bonds. The zero-order valence-corrected chi connectivity index (χ0v) is 20.4. The Kier molecular flexibility index (Phi) is 6.98. The van der Waals surface area contributed by atoms with Crippen LogP contribution in [0, 0.1) is 0 Å². The molecule has 0 radical (unpaired) electrons. The van der Waals surface area contributed by atoms with E-state index in [0.29, 0.717) is 22.7 Å². The minimum absolute atomic E-state index is 0.141. The molecule has 0 spiro atoms. The van der Waals surface area contributed by atoms with E-state index in [2.05, 4.69) is 0 Å². The average molecular weight is 508 g/mol. The van der Waals surface area contributed by atoms with Gasteiger partial charge in [-0.2, -0.15) is 0 Å². The predicted molar refractivity (Wildman–Crippen MR) is 134 cm³/mol. The fraction of sp³-hybridized carbons (Fsp3) is 0.148. The van der Waals surface area contributed by atoms with E-state index in [1.165, 1.54) is 62.6 Å². The number of nitrogens with zero attached hydrogens (tertiary/aromatic N) is 1. The van der Waals surface area contributed by atoms with Crippen molar-refractivity contribution in [1.82, 2.24) is 0 Å². The molecular weight excluding hydrogens is 486 g/mol. The second-order valence-electron chi connectivity index (χ2n) is 7.83. The number of hydrogen-bond donors (Lipinski definition) is 1. The maximum Gasteiger partial charge on any atom is 0.337 e. The number of carbonyl (C=O) groups is 3. The Balaban J connectivity index is 1.92. The number of halogens is 1. The Hall–Kier alpha value is -4.30. The lowest BCUT2D eigenvalue weighted by atomic mass is 9.95. The van der Waals surface area contributed by atoms with Crippen LogP contribution in [-0.2, 0) is 14.3 Å². The lowest BCUT2D eigenvalue weighted by Crippen LogP contribution is -2.29. The monoisotopic (exact) mass is 507 g/mol. The van der Waals surface area contributed by atoms with E-state index in [-0.39, 0.29) is 21.7 Å². The van der Waals surface area contributed by atoms with Gasteiger partial charge in [0.1, 0.15) is 17.3 Å². The van der Waals surface area contributed by atoms with E-state index in [0.717, 1.165) is 0 Å². The number of carbonyl (C=O) groups excluding carboxylic acids is 3. The van der Waals surface area contributed by atoms with Crippen molar-refractivity contribution in [1.29, 1.82) is 0 Å². The summed E-state index contributed by atoms with van der Waals surface area (Å²) in [6, 6.07) is 16.5. The third kappa shape index (κ3) is 4.38. The maximum absolute atomic E-state index is 13.3. The first-order chi connectivity index (χ1) is 17.3. The van der Waals surface area contributed by atoms with Crippen LogP contribution < -0.4 is 14.4 Å². The number of Topliss-reactive ketones (excluding diaryl/α,β-unsaturated/α-hetero) is 1. The van der Waals surface area contributed by atoms with Crippen LogP contribution in [0.15, 0.2) is 72.3 Å². The standard InChI is InChI=1S/C27H22ClNO7/c1-34-18-10-6-15(7-11-18)23-22(24(30)20-14-19(35-2)12-13-21(20)28)25(31)26(32)29(23)17-8-4-16(5-9-17)27(33)36-3/h4-14,23,30H,1-3H3/b24-22+. The molecule has 1 N–H and O–H groups in total. The van der Waals surface area contributed by atoms with E-state index < -0.39 is 29.5 Å². The van der Waals surface area contributed by atoms with Crippen LogP contribution in [0.1, 0.15) is 27.5 Å². The van der Waals surface area contributed by atoms with Crippen molar-refractivity contribution in [2.24, 2.45) is 0 Å².